The van der Waals surface area contributed by atoms with Crippen molar-refractivity contribution in [3.05, 3.63) is 62.9 Å². The molecule has 2 aromatic rings. The van der Waals surface area contributed by atoms with E-state index < -0.39 is 42.9 Å². The first-order chi connectivity index (χ1) is 17.4. The summed E-state index contributed by atoms with van der Waals surface area (Å²) in [6.45, 7) is -0.0749. The predicted molar refractivity (Wildman–Crippen MR) is 139 cm³/mol. The highest BCUT2D eigenvalue weighted by molar-refractivity contribution is 9.10. The highest BCUT2D eigenvalue weighted by atomic mass is 79.9. The normalized spacial score (nSPS) is 15.7. The molecule has 0 saturated carbocycles. The monoisotopic (exact) mass is 596 g/mol. The molecule has 11 nitrogen and oxygen atoms in total. The lowest BCUT2D eigenvalue weighted by Crippen LogP contribution is -2.40. The summed E-state index contributed by atoms with van der Waals surface area (Å²) in [5.74, 6) is -2.29. The van der Waals surface area contributed by atoms with Crippen molar-refractivity contribution >= 4 is 51.0 Å². The van der Waals surface area contributed by atoms with Crippen molar-refractivity contribution in [2.45, 2.75) is 25.0 Å². The molecule has 1 aliphatic heterocycles. The highest BCUT2D eigenvalue weighted by Gasteiger charge is 2.25. The van der Waals surface area contributed by atoms with Crippen molar-refractivity contribution in [1.29, 1.82) is 0 Å². The number of amides is 2. The van der Waals surface area contributed by atoms with Crippen LogP contribution < -0.4 is 16.0 Å². The summed E-state index contributed by atoms with van der Waals surface area (Å²) in [5, 5.41) is 48.1. The van der Waals surface area contributed by atoms with Gasteiger partial charge in [-0.15, -0.1) is 0 Å². The van der Waals surface area contributed by atoms with Gasteiger partial charge in [-0.1, -0.05) is 11.6 Å². The number of halogens is 2. The molecule has 0 aromatic heterocycles. The number of likely N-dealkylation sites (N-methyl/N-ethyl adjacent to an activating group) is 1. The van der Waals surface area contributed by atoms with E-state index in [2.05, 4.69) is 31.9 Å². The maximum atomic E-state index is 13.0. The molecule has 198 valence electrons. The molecule has 0 aliphatic carbocycles. The molecule has 0 fully saturated rings. The summed E-state index contributed by atoms with van der Waals surface area (Å²) in [4.78, 5) is 38.2. The van der Waals surface area contributed by atoms with Gasteiger partial charge in [-0.3, -0.25) is 14.4 Å². The number of rotatable bonds is 9. The van der Waals surface area contributed by atoms with Crippen LogP contribution in [0.15, 0.2) is 46.7 Å². The maximum absolute atomic E-state index is 13.0. The third kappa shape index (κ3) is 7.75. The van der Waals surface area contributed by atoms with Gasteiger partial charge in [-0.05, 0) is 52.7 Å². The average molecular weight is 598 g/mol. The third-order valence-electron chi connectivity index (χ3n) is 5.44. The first-order valence-corrected chi connectivity index (χ1v) is 12.3. The van der Waals surface area contributed by atoms with Crippen LogP contribution in [-0.4, -0.2) is 69.4 Å². The SMILES string of the molecule is CN(CC(=O)N[C@H](CC(=O)O)c1cc(Cl)cc(Br)c1O)C(=O)c1cc(O)cc(NC2=CCC(O)CN2)c1. The van der Waals surface area contributed by atoms with Crippen LogP contribution in [0.1, 0.15) is 34.8 Å². The second-order valence-electron chi connectivity index (χ2n) is 8.49. The van der Waals surface area contributed by atoms with Gasteiger partial charge in [0.2, 0.25) is 5.91 Å². The molecule has 0 radical (unpaired) electrons. The fourth-order valence-electron chi connectivity index (χ4n) is 3.71. The Hall–Kier alpha value is -3.48. The van der Waals surface area contributed by atoms with Crippen molar-refractivity contribution in [2.75, 3.05) is 25.5 Å². The number of anilines is 1. The van der Waals surface area contributed by atoms with Gasteiger partial charge in [0, 0.05) is 41.5 Å². The number of nitrogens with one attached hydrogen (secondary N) is 3. The molecule has 1 heterocycles. The van der Waals surface area contributed by atoms with E-state index >= 15 is 0 Å². The first-order valence-electron chi connectivity index (χ1n) is 11.1. The van der Waals surface area contributed by atoms with Crippen molar-refractivity contribution in [3.8, 4) is 11.5 Å². The number of carboxylic acids is 1. The predicted octanol–water partition coefficient (Wildman–Crippen LogP) is 2.53. The molecule has 0 spiro atoms. The van der Waals surface area contributed by atoms with Gasteiger partial charge in [0.15, 0.2) is 0 Å². The zero-order chi connectivity index (χ0) is 27.3. The fraction of sp³-hybridized carbons (Fsp3) is 0.292. The van der Waals surface area contributed by atoms with Crippen LogP contribution in [0.2, 0.25) is 5.02 Å². The zero-order valence-electron chi connectivity index (χ0n) is 19.7. The topological polar surface area (TPSA) is 171 Å². The highest BCUT2D eigenvalue weighted by Crippen LogP contribution is 2.36. The van der Waals surface area contributed by atoms with E-state index in [1.165, 1.54) is 37.4 Å². The van der Waals surface area contributed by atoms with Crippen LogP contribution in [0, 0.1) is 0 Å². The second kappa shape index (κ2) is 12.2. The van der Waals surface area contributed by atoms with Crippen molar-refractivity contribution in [1.82, 2.24) is 15.5 Å². The lowest BCUT2D eigenvalue weighted by Gasteiger charge is -2.23. The number of aliphatic carboxylic acids is 1. The van der Waals surface area contributed by atoms with Gasteiger partial charge in [0.25, 0.3) is 5.91 Å². The lowest BCUT2D eigenvalue weighted by molar-refractivity contribution is -0.137. The van der Waals surface area contributed by atoms with E-state index in [0.29, 0.717) is 24.5 Å². The molecule has 2 aromatic carbocycles. The van der Waals surface area contributed by atoms with Crippen molar-refractivity contribution in [2.24, 2.45) is 0 Å². The minimum absolute atomic E-state index is 0.103. The second-order valence-corrected chi connectivity index (χ2v) is 9.78. The number of phenols is 2. The molecule has 7 N–H and O–H groups in total. The zero-order valence-corrected chi connectivity index (χ0v) is 22.0. The van der Waals surface area contributed by atoms with Crippen LogP contribution in [0.4, 0.5) is 5.69 Å². The van der Waals surface area contributed by atoms with E-state index in [1.54, 1.807) is 6.08 Å². The molecule has 1 unspecified atom stereocenters. The first kappa shape index (κ1) is 28.1. The number of aromatic hydroxyl groups is 2. The standard InChI is InChI=1S/C24H26BrClN4O7/c1-30(11-21(33)29-19(9-22(34)35)17-6-13(26)7-18(25)23(17)36)24(37)12-4-14(8-16(32)5-12)28-20-3-2-15(31)10-27-20/h3-8,15,19,27-28,31-32,36H,2,9-11H2,1H3,(H,29,33)(H,34,35)/t15?,19-/m1/s1. The molecule has 37 heavy (non-hydrogen) atoms. The molecule has 0 bridgehead atoms. The number of aliphatic hydroxyl groups is 1. The quantitative estimate of drug-likeness (QED) is 0.229. The van der Waals surface area contributed by atoms with Gasteiger partial charge in [0.05, 0.1) is 35.4 Å². The minimum atomic E-state index is -1.22. The lowest BCUT2D eigenvalue weighted by atomic mass is 10.0. The number of β-amino-alcohol motifs (C(OH)–C–C–N with tert-alkyl or cyclic N) is 1. The van der Waals surface area contributed by atoms with Crippen LogP contribution in [0.3, 0.4) is 0 Å². The van der Waals surface area contributed by atoms with Gasteiger partial charge < -0.3 is 41.3 Å². The van der Waals surface area contributed by atoms with E-state index in [-0.39, 0.29) is 32.1 Å². The number of nitrogens with zero attached hydrogens (tertiary/aromatic N) is 1. The summed E-state index contributed by atoms with van der Waals surface area (Å²) in [7, 11) is 1.38. The number of carbonyl (C=O) groups is 3. The number of phenolic OH excluding ortho intramolecular Hbond substituents is 2. The maximum Gasteiger partial charge on any atom is 0.305 e. The molecular formula is C24H26BrClN4O7. The molecular weight excluding hydrogens is 572 g/mol. The van der Waals surface area contributed by atoms with E-state index in [1.807, 2.05) is 0 Å². The average Bonchev–Trinajstić information content (AvgIpc) is 2.81. The van der Waals surface area contributed by atoms with Crippen LogP contribution >= 0.6 is 27.5 Å². The summed E-state index contributed by atoms with van der Waals surface area (Å²) in [6, 6.07) is 5.83. The molecule has 13 heteroatoms. The molecule has 2 amide bonds. The van der Waals surface area contributed by atoms with Gasteiger partial charge in [-0.25, -0.2) is 0 Å². The molecule has 1 aliphatic rings. The Balaban J connectivity index is 1.71. The van der Waals surface area contributed by atoms with E-state index in [4.69, 9.17) is 11.6 Å². The molecule has 0 saturated heterocycles. The Kier molecular flexibility index (Phi) is 9.24. The van der Waals surface area contributed by atoms with Crippen LogP contribution in [0.25, 0.3) is 0 Å². The summed E-state index contributed by atoms with van der Waals surface area (Å²) in [6.07, 6.45) is 1.17. The van der Waals surface area contributed by atoms with Crippen LogP contribution in [0.5, 0.6) is 11.5 Å². The summed E-state index contributed by atoms with van der Waals surface area (Å²) in [5.41, 5.74) is 0.624. The minimum Gasteiger partial charge on any atom is -0.508 e. The van der Waals surface area contributed by atoms with Gasteiger partial charge in [0.1, 0.15) is 11.5 Å². The summed E-state index contributed by atoms with van der Waals surface area (Å²) >= 11 is 9.16. The Morgan fingerprint density at radius 3 is 2.59 bits per heavy atom. The largest absolute Gasteiger partial charge is 0.508 e. The van der Waals surface area contributed by atoms with E-state index in [9.17, 15) is 34.8 Å². The Morgan fingerprint density at radius 1 is 1.22 bits per heavy atom. The number of carboxylic acid groups (broad SMARTS) is 1. The van der Waals surface area contributed by atoms with Crippen molar-refractivity contribution in [3.63, 3.8) is 0 Å². The Morgan fingerprint density at radius 2 is 1.95 bits per heavy atom. The third-order valence-corrected chi connectivity index (χ3v) is 6.26. The number of benzene rings is 2. The number of carbonyl (C=O) groups excluding carboxylic acids is 2. The molecule has 3 rings (SSSR count). The van der Waals surface area contributed by atoms with Gasteiger partial charge >= 0.3 is 5.97 Å². The number of hydrogen-bond donors (Lipinski definition) is 7. The Labute approximate surface area is 225 Å². The van der Waals surface area contributed by atoms with Gasteiger partial charge in [-0.2, -0.15) is 0 Å². The number of hydrogen-bond acceptors (Lipinski definition) is 8. The summed E-state index contributed by atoms with van der Waals surface area (Å²) < 4.78 is 0.232. The van der Waals surface area contributed by atoms with Crippen molar-refractivity contribution < 1.29 is 34.8 Å². The molecule has 2 atom stereocenters. The Bertz CT molecular complexity index is 1240. The smallest absolute Gasteiger partial charge is 0.305 e. The number of aliphatic hydroxyl groups excluding tert-OH is 1. The van der Waals surface area contributed by atoms with Crippen LogP contribution in [-0.2, 0) is 9.59 Å². The van der Waals surface area contributed by atoms with E-state index in [0.717, 1.165) is 4.90 Å². The fourth-order valence-corrected chi connectivity index (χ4v) is 4.54.